The summed E-state index contributed by atoms with van der Waals surface area (Å²) in [6, 6.07) is 13.1. The lowest BCUT2D eigenvalue weighted by molar-refractivity contribution is -0.114. The van der Waals surface area contributed by atoms with Gasteiger partial charge in [0.25, 0.3) is 5.91 Å². The molecule has 0 aromatic heterocycles. The van der Waals surface area contributed by atoms with Gasteiger partial charge in [-0.2, -0.15) is 20.4 Å². The zero-order valence-electron chi connectivity index (χ0n) is 20.2. The van der Waals surface area contributed by atoms with Gasteiger partial charge in [-0.3, -0.25) is 10.2 Å². The fourth-order valence-corrected chi connectivity index (χ4v) is 6.40. The van der Waals surface area contributed by atoms with Crippen LogP contribution in [0.1, 0.15) is 48.8 Å². The van der Waals surface area contributed by atoms with Crippen molar-refractivity contribution in [2.24, 2.45) is 16.0 Å². The SMILES string of the molecule is COc1cc(C=C2C(=N)N3N=C(C4CCCCC4)SC3=NC2=O)cc(I)c1OCc1ccccc1C#N. The Morgan fingerprint density at radius 1 is 1.27 bits per heavy atom. The number of benzene rings is 2. The number of fused-ring (bicyclic) bond motifs is 1. The first kappa shape index (κ1) is 25.5. The Kier molecular flexibility index (Phi) is 7.62. The Morgan fingerprint density at radius 2 is 2.05 bits per heavy atom. The highest BCUT2D eigenvalue weighted by Crippen LogP contribution is 2.38. The lowest BCUT2D eigenvalue weighted by Gasteiger charge is -2.20. The Hall–Kier alpha value is -3.17. The predicted octanol–water partition coefficient (Wildman–Crippen LogP) is 5.95. The second kappa shape index (κ2) is 11.1. The molecular weight excluding hydrogens is 601 g/mol. The summed E-state index contributed by atoms with van der Waals surface area (Å²) in [6.07, 6.45) is 7.44. The van der Waals surface area contributed by atoms with Gasteiger partial charge in [-0.05, 0) is 77.0 Å². The van der Waals surface area contributed by atoms with Crippen LogP contribution in [0.4, 0.5) is 0 Å². The summed E-state index contributed by atoms with van der Waals surface area (Å²) in [5, 5.41) is 25.6. The van der Waals surface area contributed by atoms with E-state index in [1.165, 1.54) is 36.0 Å². The van der Waals surface area contributed by atoms with Gasteiger partial charge >= 0.3 is 0 Å². The maximum atomic E-state index is 12.9. The van der Waals surface area contributed by atoms with E-state index in [0.29, 0.717) is 33.7 Å². The van der Waals surface area contributed by atoms with Crippen molar-refractivity contribution in [3.8, 4) is 17.6 Å². The van der Waals surface area contributed by atoms with Gasteiger partial charge in [0.2, 0.25) is 5.17 Å². The predicted molar refractivity (Wildman–Crippen MR) is 153 cm³/mol. The van der Waals surface area contributed by atoms with Crippen LogP contribution in [-0.2, 0) is 11.4 Å². The second-order valence-corrected chi connectivity index (χ2v) is 11.0. The van der Waals surface area contributed by atoms with E-state index < -0.39 is 5.91 Å². The minimum atomic E-state index is -0.453. The molecule has 0 radical (unpaired) electrons. The van der Waals surface area contributed by atoms with Crippen LogP contribution in [0.5, 0.6) is 11.5 Å². The number of hydrogen-bond acceptors (Lipinski definition) is 7. The number of rotatable bonds is 6. The normalized spacial score (nSPS) is 18.8. The van der Waals surface area contributed by atoms with E-state index in [9.17, 15) is 10.1 Å². The zero-order chi connectivity index (χ0) is 25.9. The topological polar surface area (TPSA) is 111 Å². The number of ether oxygens (including phenoxy) is 2. The van der Waals surface area contributed by atoms with Crippen LogP contribution in [0.25, 0.3) is 6.08 Å². The highest BCUT2D eigenvalue weighted by molar-refractivity contribution is 14.1. The quantitative estimate of drug-likeness (QED) is 0.314. The van der Waals surface area contributed by atoms with Crippen LogP contribution >= 0.6 is 34.4 Å². The first-order chi connectivity index (χ1) is 18.0. The summed E-state index contributed by atoms with van der Waals surface area (Å²) in [5.74, 6) is 0.977. The summed E-state index contributed by atoms with van der Waals surface area (Å²) in [4.78, 5) is 17.1. The number of nitriles is 1. The highest BCUT2D eigenvalue weighted by atomic mass is 127. The molecule has 3 aliphatic rings. The number of hydrazone groups is 1. The van der Waals surface area contributed by atoms with Gasteiger partial charge in [0.15, 0.2) is 17.3 Å². The highest BCUT2D eigenvalue weighted by Gasteiger charge is 2.38. The van der Waals surface area contributed by atoms with Crippen LogP contribution in [0.2, 0.25) is 0 Å². The summed E-state index contributed by atoms with van der Waals surface area (Å²) in [7, 11) is 1.55. The lowest BCUT2D eigenvalue weighted by Crippen LogP contribution is -2.35. The molecule has 0 saturated heterocycles. The minimum absolute atomic E-state index is 0.0238. The summed E-state index contributed by atoms with van der Waals surface area (Å²) in [6.45, 7) is 0.213. The van der Waals surface area contributed by atoms with Gasteiger partial charge in [0.1, 0.15) is 11.7 Å². The van der Waals surface area contributed by atoms with Gasteiger partial charge in [-0.15, -0.1) is 0 Å². The molecule has 0 unspecified atom stereocenters. The number of halogens is 1. The molecule has 8 nitrogen and oxygen atoms in total. The first-order valence-electron chi connectivity index (χ1n) is 12.0. The number of nitrogens with zero attached hydrogens (tertiary/aromatic N) is 4. The van der Waals surface area contributed by atoms with Crippen LogP contribution in [-0.4, -0.2) is 34.1 Å². The van der Waals surface area contributed by atoms with E-state index in [0.717, 1.165) is 27.0 Å². The molecule has 37 heavy (non-hydrogen) atoms. The Labute approximate surface area is 233 Å². The summed E-state index contributed by atoms with van der Waals surface area (Å²) < 4.78 is 12.4. The van der Waals surface area contributed by atoms with Crippen LogP contribution < -0.4 is 9.47 Å². The maximum Gasteiger partial charge on any atom is 0.283 e. The number of carbonyl (C=O) groups is 1. The van der Waals surface area contributed by atoms with Gasteiger partial charge in [-0.1, -0.05) is 37.5 Å². The third-order valence-corrected chi connectivity index (χ3v) is 8.37. The molecule has 1 fully saturated rings. The van der Waals surface area contributed by atoms with Crippen molar-refractivity contribution in [2.75, 3.05) is 7.11 Å². The smallest absolute Gasteiger partial charge is 0.283 e. The van der Waals surface area contributed by atoms with E-state index in [-0.39, 0.29) is 18.0 Å². The molecule has 2 heterocycles. The van der Waals surface area contributed by atoms with Crippen molar-refractivity contribution in [1.82, 2.24) is 5.01 Å². The summed E-state index contributed by atoms with van der Waals surface area (Å²) in [5.41, 5.74) is 2.19. The first-order valence-corrected chi connectivity index (χ1v) is 13.9. The van der Waals surface area contributed by atoms with Crippen LogP contribution in [0, 0.1) is 26.2 Å². The molecule has 2 aromatic carbocycles. The minimum Gasteiger partial charge on any atom is -0.493 e. The number of hydrogen-bond donors (Lipinski definition) is 1. The fourth-order valence-electron chi connectivity index (χ4n) is 4.56. The standard InChI is InChI=1S/C27H24IN5O3S/c1-35-22-13-16(12-21(28)23(22)36-15-19-10-6-5-9-18(19)14-29)11-20-24(30)33-27(31-25(20)34)37-26(32-33)17-7-3-2-4-8-17/h5-6,9-13,17,30H,2-4,7-8,15H2,1H3. The molecule has 0 bridgehead atoms. The van der Waals surface area contributed by atoms with Gasteiger partial charge in [0, 0.05) is 11.5 Å². The zero-order valence-corrected chi connectivity index (χ0v) is 23.1. The van der Waals surface area contributed by atoms with Crippen molar-refractivity contribution in [3.63, 3.8) is 0 Å². The third-order valence-electron chi connectivity index (χ3n) is 6.50. The largest absolute Gasteiger partial charge is 0.493 e. The van der Waals surface area contributed by atoms with E-state index in [1.54, 1.807) is 25.3 Å². The van der Waals surface area contributed by atoms with E-state index in [1.807, 2.05) is 24.3 Å². The summed E-state index contributed by atoms with van der Waals surface area (Å²) >= 11 is 3.56. The van der Waals surface area contributed by atoms with Crippen LogP contribution in [0.3, 0.4) is 0 Å². The molecule has 1 aliphatic carbocycles. The number of carbonyl (C=O) groups excluding carboxylic acids is 1. The lowest BCUT2D eigenvalue weighted by atomic mass is 9.90. The molecular formula is C27H24IN5O3S. The number of methoxy groups -OCH3 is 1. The molecule has 10 heteroatoms. The molecule has 0 spiro atoms. The fraction of sp³-hybridized carbons (Fsp3) is 0.296. The number of aliphatic imine (C=N–C) groups is 1. The molecule has 188 valence electrons. The Bertz CT molecular complexity index is 1410. The second-order valence-electron chi connectivity index (χ2n) is 8.88. The molecule has 0 atom stereocenters. The molecule has 1 amide bonds. The number of nitrogens with one attached hydrogen (secondary N) is 1. The third kappa shape index (κ3) is 5.29. The number of amidine groups is 2. The molecule has 5 rings (SSSR count). The van der Waals surface area contributed by atoms with Crippen LogP contribution in [0.15, 0.2) is 52.1 Å². The van der Waals surface area contributed by atoms with Crippen molar-refractivity contribution in [2.45, 2.75) is 38.7 Å². The van der Waals surface area contributed by atoms with Crippen molar-refractivity contribution >= 4 is 62.4 Å². The molecule has 1 saturated carbocycles. The van der Waals surface area contributed by atoms with Crippen molar-refractivity contribution < 1.29 is 14.3 Å². The molecule has 2 aliphatic heterocycles. The van der Waals surface area contributed by atoms with E-state index >= 15 is 0 Å². The van der Waals surface area contributed by atoms with Gasteiger partial charge in [0.05, 0.1) is 27.9 Å². The van der Waals surface area contributed by atoms with Gasteiger partial charge < -0.3 is 9.47 Å². The molecule has 2 aromatic rings. The van der Waals surface area contributed by atoms with Gasteiger partial charge in [-0.25, -0.2) is 0 Å². The Morgan fingerprint density at radius 3 is 2.81 bits per heavy atom. The number of thioether (sulfide) groups is 1. The maximum absolute atomic E-state index is 12.9. The monoisotopic (exact) mass is 625 g/mol. The number of amides is 1. The van der Waals surface area contributed by atoms with E-state index in [2.05, 4.69) is 38.8 Å². The Balaban J connectivity index is 1.39. The molecule has 1 N–H and O–H groups in total. The average Bonchev–Trinajstić information content (AvgIpc) is 3.35. The average molecular weight is 625 g/mol. The van der Waals surface area contributed by atoms with E-state index in [4.69, 9.17) is 14.9 Å². The van der Waals surface area contributed by atoms with Crippen molar-refractivity contribution in [1.29, 1.82) is 10.7 Å². The van der Waals surface area contributed by atoms with Crippen molar-refractivity contribution in [3.05, 3.63) is 62.2 Å².